The van der Waals surface area contributed by atoms with Gasteiger partial charge < -0.3 is 5.32 Å². The van der Waals surface area contributed by atoms with Gasteiger partial charge in [0.15, 0.2) is 17.5 Å². The standard InChI is InChI=1S/C12H16F3NS/c1-3-6-17-7-10(16-2)8-4-5-9(13)12(15)11(8)14/h4-5,10,16H,3,6-7H2,1-2H3. The normalized spacial score (nSPS) is 12.8. The number of hydrogen-bond donors (Lipinski definition) is 1. The predicted molar refractivity (Wildman–Crippen MR) is 65.7 cm³/mol. The summed E-state index contributed by atoms with van der Waals surface area (Å²) < 4.78 is 39.4. The van der Waals surface area contributed by atoms with Crippen LogP contribution < -0.4 is 5.32 Å². The van der Waals surface area contributed by atoms with Crippen molar-refractivity contribution in [3.8, 4) is 0 Å². The van der Waals surface area contributed by atoms with Crippen LogP contribution in [0.5, 0.6) is 0 Å². The highest BCUT2D eigenvalue weighted by Crippen LogP contribution is 2.24. The molecule has 1 rings (SSSR count). The lowest BCUT2D eigenvalue weighted by Crippen LogP contribution is -2.21. The van der Waals surface area contributed by atoms with Crippen molar-refractivity contribution < 1.29 is 13.2 Å². The molecule has 0 fully saturated rings. The first-order valence-corrected chi connectivity index (χ1v) is 6.65. The van der Waals surface area contributed by atoms with E-state index in [0.717, 1.165) is 18.2 Å². The molecule has 0 aliphatic rings. The summed E-state index contributed by atoms with van der Waals surface area (Å²) in [4.78, 5) is 0. The minimum atomic E-state index is -1.40. The minimum Gasteiger partial charge on any atom is -0.312 e. The van der Waals surface area contributed by atoms with Crippen LogP contribution in [0.15, 0.2) is 12.1 Å². The minimum absolute atomic E-state index is 0.176. The fourth-order valence-electron chi connectivity index (χ4n) is 1.48. The Kier molecular flexibility index (Phi) is 5.85. The van der Waals surface area contributed by atoms with Gasteiger partial charge in [-0.2, -0.15) is 11.8 Å². The number of hydrogen-bond acceptors (Lipinski definition) is 2. The van der Waals surface area contributed by atoms with Crippen molar-refractivity contribution in [2.45, 2.75) is 19.4 Å². The summed E-state index contributed by atoms with van der Waals surface area (Å²) in [6.07, 6.45) is 1.03. The van der Waals surface area contributed by atoms with Gasteiger partial charge in [-0.25, -0.2) is 13.2 Å². The first-order chi connectivity index (χ1) is 8.11. The van der Waals surface area contributed by atoms with Crippen LogP contribution in [0.3, 0.4) is 0 Å². The zero-order valence-electron chi connectivity index (χ0n) is 9.90. The molecule has 0 amide bonds. The van der Waals surface area contributed by atoms with Crippen molar-refractivity contribution in [2.24, 2.45) is 0 Å². The molecule has 1 unspecified atom stereocenters. The molecule has 0 saturated carbocycles. The number of nitrogens with one attached hydrogen (secondary N) is 1. The summed E-state index contributed by atoms with van der Waals surface area (Å²) in [6, 6.07) is 1.95. The molecule has 96 valence electrons. The average Bonchev–Trinajstić information content (AvgIpc) is 2.33. The molecule has 0 aliphatic carbocycles. The Hall–Kier alpha value is -0.680. The molecule has 0 aromatic heterocycles. The van der Waals surface area contributed by atoms with Crippen molar-refractivity contribution in [3.05, 3.63) is 35.1 Å². The van der Waals surface area contributed by atoms with E-state index in [9.17, 15) is 13.2 Å². The van der Waals surface area contributed by atoms with Crippen LogP contribution >= 0.6 is 11.8 Å². The monoisotopic (exact) mass is 263 g/mol. The summed E-state index contributed by atoms with van der Waals surface area (Å²) in [5.74, 6) is -2.05. The van der Waals surface area contributed by atoms with Gasteiger partial charge in [0.25, 0.3) is 0 Å². The van der Waals surface area contributed by atoms with Gasteiger partial charge in [-0.1, -0.05) is 13.0 Å². The largest absolute Gasteiger partial charge is 0.312 e. The van der Waals surface area contributed by atoms with E-state index in [2.05, 4.69) is 12.2 Å². The zero-order chi connectivity index (χ0) is 12.8. The van der Waals surface area contributed by atoms with Gasteiger partial charge in [0.05, 0.1) is 0 Å². The van der Waals surface area contributed by atoms with Crippen LogP contribution in [-0.2, 0) is 0 Å². The topological polar surface area (TPSA) is 12.0 Å². The van der Waals surface area contributed by atoms with Crippen LogP contribution in [0.25, 0.3) is 0 Å². The third-order valence-electron chi connectivity index (χ3n) is 2.42. The third-order valence-corrected chi connectivity index (χ3v) is 3.69. The highest BCUT2D eigenvalue weighted by atomic mass is 32.2. The Bertz CT molecular complexity index is 371. The molecule has 0 radical (unpaired) electrons. The van der Waals surface area contributed by atoms with Crippen LogP contribution in [0, 0.1) is 17.5 Å². The maximum atomic E-state index is 13.5. The van der Waals surface area contributed by atoms with E-state index in [4.69, 9.17) is 0 Å². The number of thioether (sulfide) groups is 1. The van der Waals surface area contributed by atoms with Gasteiger partial charge in [-0.05, 0) is 25.3 Å². The Morgan fingerprint density at radius 2 is 1.94 bits per heavy atom. The lowest BCUT2D eigenvalue weighted by atomic mass is 10.1. The quantitative estimate of drug-likeness (QED) is 0.622. The van der Waals surface area contributed by atoms with E-state index in [1.165, 1.54) is 6.07 Å². The highest BCUT2D eigenvalue weighted by molar-refractivity contribution is 7.99. The highest BCUT2D eigenvalue weighted by Gasteiger charge is 2.19. The van der Waals surface area contributed by atoms with E-state index >= 15 is 0 Å². The van der Waals surface area contributed by atoms with E-state index in [1.807, 2.05) is 0 Å². The first-order valence-electron chi connectivity index (χ1n) is 5.50. The van der Waals surface area contributed by atoms with Crippen molar-refractivity contribution in [3.63, 3.8) is 0 Å². The summed E-state index contributed by atoms with van der Waals surface area (Å²) in [5.41, 5.74) is 0.176. The fourth-order valence-corrected chi connectivity index (χ4v) is 2.52. The third kappa shape index (κ3) is 3.64. The molecule has 1 nitrogen and oxygen atoms in total. The molecule has 0 heterocycles. The second-order valence-corrected chi connectivity index (χ2v) is 4.83. The van der Waals surface area contributed by atoms with Crippen LogP contribution in [0.2, 0.25) is 0 Å². The summed E-state index contributed by atoms with van der Waals surface area (Å²) >= 11 is 1.65. The van der Waals surface area contributed by atoms with Gasteiger partial charge in [0.1, 0.15) is 0 Å². The fraction of sp³-hybridized carbons (Fsp3) is 0.500. The van der Waals surface area contributed by atoms with E-state index in [-0.39, 0.29) is 11.6 Å². The summed E-state index contributed by atoms with van der Waals surface area (Å²) in [7, 11) is 1.68. The maximum absolute atomic E-state index is 13.5. The van der Waals surface area contributed by atoms with Gasteiger partial charge in [0.2, 0.25) is 0 Å². The molecule has 1 aromatic carbocycles. The SMILES string of the molecule is CCCSCC(NC)c1ccc(F)c(F)c1F. The van der Waals surface area contributed by atoms with Gasteiger partial charge >= 0.3 is 0 Å². The van der Waals surface area contributed by atoms with Crippen molar-refractivity contribution in [1.29, 1.82) is 0 Å². The molecule has 0 spiro atoms. The predicted octanol–water partition coefficient (Wildman–Crippen LogP) is 3.51. The molecule has 1 aromatic rings. The van der Waals surface area contributed by atoms with E-state index < -0.39 is 17.5 Å². The summed E-state index contributed by atoms with van der Waals surface area (Å²) in [5, 5.41) is 2.91. The zero-order valence-corrected chi connectivity index (χ0v) is 10.7. The number of halogens is 3. The maximum Gasteiger partial charge on any atom is 0.194 e. The Morgan fingerprint density at radius 1 is 1.24 bits per heavy atom. The molecule has 0 saturated heterocycles. The van der Waals surface area contributed by atoms with Gasteiger partial charge in [-0.3, -0.25) is 0 Å². The molecule has 1 atom stereocenters. The van der Waals surface area contributed by atoms with Crippen LogP contribution in [0.1, 0.15) is 24.9 Å². The molecule has 0 bridgehead atoms. The second-order valence-electron chi connectivity index (χ2n) is 3.68. The van der Waals surface area contributed by atoms with Crippen molar-refractivity contribution in [1.82, 2.24) is 5.32 Å². The second kappa shape index (κ2) is 6.91. The average molecular weight is 263 g/mol. The van der Waals surface area contributed by atoms with E-state index in [1.54, 1.807) is 18.8 Å². The van der Waals surface area contributed by atoms with Crippen LogP contribution in [-0.4, -0.2) is 18.6 Å². The van der Waals surface area contributed by atoms with Gasteiger partial charge in [-0.15, -0.1) is 0 Å². The molecular formula is C12H16F3NS. The van der Waals surface area contributed by atoms with E-state index in [0.29, 0.717) is 5.75 Å². The molecule has 5 heteroatoms. The number of benzene rings is 1. The number of rotatable bonds is 6. The Labute approximate surface area is 104 Å². The molecule has 1 N–H and O–H groups in total. The molecule has 0 aliphatic heterocycles. The van der Waals surface area contributed by atoms with Crippen LogP contribution in [0.4, 0.5) is 13.2 Å². The van der Waals surface area contributed by atoms with Crippen molar-refractivity contribution >= 4 is 11.8 Å². The first kappa shape index (κ1) is 14.4. The van der Waals surface area contributed by atoms with Gasteiger partial charge in [0, 0.05) is 17.4 Å². The smallest absolute Gasteiger partial charge is 0.194 e. The molecular weight excluding hydrogens is 247 g/mol. The lowest BCUT2D eigenvalue weighted by molar-refractivity contribution is 0.433. The molecule has 17 heavy (non-hydrogen) atoms. The van der Waals surface area contributed by atoms with Crippen molar-refractivity contribution in [2.75, 3.05) is 18.6 Å². The Balaban J connectivity index is 2.85. The lowest BCUT2D eigenvalue weighted by Gasteiger charge is -2.17. The summed E-state index contributed by atoms with van der Waals surface area (Å²) in [6.45, 7) is 2.06. The Morgan fingerprint density at radius 3 is 2.53 bits per heavy atom.